The molecule has 0 amide bonds. The molecule has 0 aliphatic heterocycles. The van der Waals surface area contributed by atoms with Gasteiger partial charge in [-0.15, -0.1) is 0 Å². The van der Waals surface area contributed by atoms with Gasteiger partial charge in [-0.2, -0.15) is 0 Å². The van der Waals surface area contributed by atoms with E-state index in [1.807, 2.05) is 0 Å². The lowest BCUT2D eigenvalue weighted by Crippen LogP contribution is -2.02. The zero-order chi connectivity index (χ0) is 9.14. The molecule has 0 fully saturated rings. The predicted octanol–water partition coefficient (Wildman–Crippen LogP) is 1.83. The van der Waals surface area contributed by atoms with E-state index >= 15 is 0 Å². The van der Waals surface area contributed by atoms with Crippen molar-refractivity contribution in [1.29, 1.82) is 0 Å². The second-order valence-electron chi connectivity index (χ2n) is 2.19. The van der Waals surface area contributed by atoms with E-state index in [1.54, 1.807) is 14.0 Å². The Morgan fingerprint density at radius 1 is 1.50 bits per heavy atom. The average Bonchev–Trinajstić information content (AvgIpc) is 2.03. The molecule has 0 saturated carbocycles. The van der Waals surface area contributed by atoms with Gasteiger partial charge in [0.2, 0.25) is 0 Å². The first-order chi connectivity index (χ1) is 5.69. The molecular weight excluding hydrogens is 194 g/mol. The first-order valence-electron chi connectivity index (χ1n) is 3.36. The maximum absolute atomic E-state index is 5.82. The Kier molecular flexibility index (Phi) is 2.94. The van der Waals surface area contributed by atoms with Crippen molar-refractivity contribution in [3.8, 4) is 0 Å². The molecule has 0 aromatic carbocycles. The summed E-state index contributed by atoms with van der Waals surface area (Å²) in [6.07, 6.45) is 0. The van der Waals surface area contributed by atoms with Crippen LogP contribution in [0.4, 0.5) is 5.82 Å². The Bertz CT molecular complexity index is 314. The molecule has 12 heavy (non-hydrogen) atoms. The summed E-state index contributed by atoms with van der Waals surface area (Å²) in [5.74, 6) is 1.30. The fraction of sp³-hybridized carbons (Fsp3) is 0.286. The molecule has 0 bridgehead atoms. The molecule has 1 aromatic rings. The van der Waals surface area contributed by atoms with E-state index in [1.165, 1.54) is 5.37 Å². The molecule has 1 aromatic heterocycles. The minimum Gasteiger partial charge on any atom is -0.372 e. The van der Waals surface area contributed by atoms with Crippen LogP contribution in [0.3, 0.4) is 0 Å². The van der Waals surface area contributed by atoms with Crippen LogP contribution in [0.1, 0.15) is 11.4 Å². The van der Waals surface area contributed by atoms with Crippen molar-refractivity contribution in [2.24, 2.45) is 0 Å². The van der Waals surface area contributed by atoms with E-state index in [0.29, 0.717) is 22.4 Å². The third-order valence-corrected chi connectivity index (χ3v) is 1.89. The van der Waals surface area contributed by atoms with Crippen LogP contribution in [0.15, 0.2) is 0 Å². The van der Waals surface area contributed by atoms with Gasteiger partial charge in [0.25, 0.3) is 0 Å². The smallest absolute Gasteiger partial charge is 0.142 e. The molecule has 3 nitrogen and oxygen atoms in total. The summed E-state index contributed by atoms with van der Waals surface area (Å²) in [7, 11) is 1.76. The quantitative estimate of drug-likeness (QED) is 0.585. The Labute approximate surface area is 81.2 Å². The van der Waals surface area contributed by atoms with Crippen LogP contribution in [0.2, 0.25) is 5.15 Å². The number of hydrogen-bond acceptors (Lipinski definition) is 4. The minimum atomic E-state index is 0.391. The van der Waals surface area contributed by atoms with Gasteiger partial charge in [0.05, 0.1) is 5.56 Å². The van der Waals surface area contributed by atoms with Crippen molar-refractivity contribution in [3.05, 3.63) is 16.5 Å². The first kappa shape index (κ1) is 9.35. The van der Waals surface area contributed by atoms with Crippen LogP contribution in [0.25, 0.3) is 0 Å². The van der Waals surface area contributed by atoms with Gasteiger partial charge in [0.1, 0.15) is 16.8 Å². The van der Waals surface area contributed by atoms with E-state index in [9.17, 15) is 0 Å². The number of nitrogens with one attached hydrogen (secondary N) is 1. The van der Waals surface area contributed by atoms with Crippen molar-refractivity contribution in [2.75, 3.05) is 12.4 Å². The fourth-order valence-electron chi connectivity index (χ4n) is 0.842. The molecule has 64 valence electrons. The summed E-state index contributed by atoms with van der Waals surface area (Å²) < 4.78 is 0. The maximum Gasteiger partial charge on any atom is 0.142 e. The van der Waals surface area contributed by atoms with Crippen molar-refractivity contribution < 1.29 is 0 Å². The van der Waals surface area contributed by atoms with E-state index in [0.717, 1.165) is 0 Å². The monoisotopic (exact) mass is 201 g/mol. The second-order valence-corrected chi connectivity index (χ2v) is 2.79. The standard InChI is InChI=1S/C7H8ClN3S/c1-4-10-6(8)5(3-12)7(9-2)11-4/h3H,1-2H3,(H,9,10,11). The van der Waals surface area contributed by atoms with Gasteiger partial charge in [-0.05, 0) is 6.92 Å². The van der Waals surface area contributed by atoms with Gasteiger partial charge in [-0.25, -0.2) is 9.97 Å². The molecule has 0 aliphatic rings. The zero-order valence-electron chi connectivity index (χ0n) is 6.76. The molecular formula is C7H8ClN3S. The van der Waals surface area contributed by atoms with Crippen molar-refractivity contribution >= 4 is 35.0 Å². The van der Waals surface area contributed by atoms with Gasteiger partial charge in [-0.3, -0.25) is 0 Å². The van der Waals surface area contributed by atoms with Crippen LogP contribution < -0.4 is 5.32 Å². The summed E-state index contributed by atoms with van der Waals surface area (Å²) in [5, 5.41) is 4.75. The number of aryl methyl sites for hydroxylation is 1. The topological polar surface area (TPSA) is 37.8 Å². The lowest BCUT2D eigenvalue weighted by Gasteiger charge is -2.05. The lowest BCUT2D eigenvalue weighted by molar-refractivity contribution is 1.05. The largest absolute Gasteiger partial charge is 0.372 e. The van der Waals surface area contributed by atoms with Gasteiger partial charge in [0, 0.05) is 12.4 Å². The number of nitrogens with zero attached hydrogens (tertiary/aromatic N) is 2. The van der Waals surface area contributed by atoms with E-state index in [-0.39, 0.29) is 0 Å². The highest BCUT2D eigenvalue weighted by atomic mass is 35.5. The molecule has 1 rings (SSSR count). The van der Waals surface area contributed by atoms with Crippen molar-refractivity contribution in [3.63, 3.8) is 0 Å². The van der Waals surface area contributed by atoms with Crippen LogP contribution in [-0.4, -0.2) is 22.4 Å². The number of rotatable bonds is 2. The van der Waals surface area contributed by atoms with Crippen molar-refractivity contribution in [2.45, 2.75) is 6.92 Å². The van der Waals surface area contributed by atoms with Crippen molar-refractivity contribution in [1.82, 2.24) is 9.97 Å². The maximum atomic E-state index is 5.82. The molecule has 0 spiro atoms. The van der Waals surface area contributed by atoms with Crippen LogP contribution in [0.5, 0.6) is 0 Å². The number of aromatic nitrogens is 2. The second kappa shape index (κ2) is 3.78. The SMILES string of the molecule is CNc1nc(C)nc(Cl)c1C=S. The Balaban J connectivity index is 3.33. The first-order valence-corrected chi connectivity index (χ1v) is 4.21. The summed E-state index contributed by atoms with van der Waals surface area (Å²) in [4.78, 5) is 8.09. The molecule has 0 saturated heterocycles. The highest BCUT2D eigenvalue weighted by Crippen LogP contribution is 2.18. The van der Waals surface area contributed by atoms with Crippen LogP contribution in [-0.2, 0) is 0 Å². The average molecular weight is 202 g/mol. The van der Waals surface area contributed by atoms with E-state index in [4.69, 9.17) is 23.8 Å². The minimum absolute atomic E-state index is 0.391. The zero-order valence-corrected chi connectivity index (χ0v) is 8.33. The highest BCUT2D eigenvalue weighted by molar-refractivity contribution is 7.79. The van der Waals surface area contributed by atoms with Gasteiger partial charge in [-0.1, -0.05) is 23.8 Å². The van der Waals surface area contributed by atoms with Gasteiger partial charge >= 0.3 is 0 Å². The number of anilines is 1. The summed E-state index contributed by atoms with van der Waals surface area (Å²) in [5.41, 5.74) is 0.666. The number of halogens is 1. The normalized spacial score (nSPS) is 9.58. The fourth-order valence-corrected chi connectivity index (χ4v) is 1.40. The highest BCUT2D eigenvalue weighted by Gasteiger charge is 2.06. The molecule has 0 unspecified atom stereocenters. The molecule has 0 atom stereocenters. The molecule has 1 heterocycles. The Morgan fingerprint density at radius 3 is 2.67 bits per heavy atom. The third-order valence-electron chi connectivity index (χ3n) is 1.37. The summed E-state index contributed by atoms with van der Waals surface area (Å²) >= 11 is 10.6. The van der Waals surface area contributed by atoms with E-state index in [2.05, 4.69) is 15.3 Å². The summed E-state index contributed by atoms with van der Waals surface area (Å²) in [6, 6.07) is 0. The molecule has 5 heteroatoms. The van der Waals surface area contributed by atoms with Gasteiger partial charge < -0.3 is 5.32 Å². The predicted molar refractivity (Wildman–Crippen MR) is 54.1 cm³/mol. The molecule has 1 N–H and O–H groups in total. The number of hydrogen-bond donors (Lipinski definition) is 1. The third kappa shape index (κ3) is 1.70. The van der Waals surface area contributed by atoms with Crippen LogP contribution >= 0.6 is 23.8 Å². The number of thiocarbonyl (C=S) groups is 1. The van der Waals surface area contributed by atoms with Crippen LogP contribution in [0, 0.1) is 6.92 Å². The molecule has 0 aliphatic carbocycles. The summed E-state index contributed by atoms with van der Waals surface area (Å²) in [6.45, 7) is 1.78. The van der Waals surface area contributed by atoms with Gasteiger partial charge in [0.15, 0.2) is 0 Å². The van der Waals surface area contributed by atoms with E-state index < -0.39 is 0 Å². The Morgan fingerprint density at radius 2 is 2.17 bits per heavy atom. The molecule has 0 radical (unpaired) electrons. The Hall–Kier alpha value is -0.740. The lowest BCUT2D eigenvalue weighted by atomic mass is 10.3.